The molecule has 0 bridgehead atoms. The third kappa shape index (κ3) is 3.59. The SMILES string of the molecule is CC(=O)C1CCC=CC1(C)C.c1ccc2c(c1)CCC2. The van der Waals surface area contributed by atoms with Crippen LogP contribution in [0.3, 0.4) is 0 Å². The number of carbonyl (C=O) groups is 1. The van der Waals surface area contributed by atoms with Gasteiger partial charge >= 0.3 is 0 Å². The standard InChI is InChI=1S/C10H16O.C9H10/c1-8(11)9-6-4-5-7-10(9,2)3;1-2-5-9-7-3-6-8(9)4-1/h5,7,9H,4,6H2,1-3H3;1-2,4-5H,3,6-7H2. The minimum absolute atomic E-state index is 0.0874. The number of allylic oxidation sites excluding steroid dienone is 2. The van der Waals surface area contributed by atoms with Crippen LogP contribution in [0, 0.1) is 11.3 Å². The zero-order chi connectivity index (χ0) is 14.6. The van der Waals surface area contributed by atoms with Gasteiger partial charge in [0, 0.05) is 5.92 Å². The van der Waals surface area contributed by atoms with E-state index in [0.29, 0.717) is 5.78 Å². The lowest BCUT2D eigenvalue weighted by atomic mass is 9.71. The van der Waals surface area contributed by atoms with Crippen LogP contribution in [0.2, 0.25) is 0 Å². The second-order valence-corrected chi connectivity index (χ2v) is 6.59. The van der Waals surface area contributed by atoms with E-state index >= 15 is 0 Å². The van der Waals surface area contributed by atoms with Crippen molar-refractivity contribution in [1.29, 1.82) is 0 Å². The van der Waals surface area contributed by atoms with E-state index in [2.05, 4.69) is 50.3 Å². The van der Waals surface area contributed by atoms with Crippen LogP contribution < -0.4 is 0 Å². The summed E-state index contributed by atoms with van der Waals surface area (Å²) in [7, 11) is 0. The van der Waals surface area contributed by atoms with Crippen molar-refractivity contribution >= 4 is 5.78 Å². The fraction of sp³-hybridized carbons (Fsp3) is 0.526. The molecule has 0 fully saturated rings. The summed E-state index contributed by atoms with van der Waals surface area (Å²) in [5, 5.41) is 0. The van der Waals surface area contributed by atoms with E-state index in [1.54, 1.807) is 18.1 Å². The molecule has 0 aliphatic heterocycles. The van der Waals surface area contributed by atoms with E-state index < -0.39 is 0 Å². The summed E-state index contributed by atoms with van der Waals surface area (Å²) >= 11 is 0. The normalized spacial score (nSPS) is 22.6. The molecular weight excluding hydrogens is 244 g/mol. The van der Waals surface area contributed by atoms with E-state index in [1.165, 1.54) is 19.3 Å². The molecule has 1 aromatic rings. The maximum atomic E-state index is 11.2. The third-order valence-corrected chi connectivity index (χ3v) is 4.57. The number of fused-ring (bicyclic) bond motifs is 1. The van der Waals surface area contributed by atoms with Gasteiger partial charge in [0.15, 0.2) is 0 Å². The summed E-state index contributed by atoms with van der Waals surface area (Å²) in [6.45, 7) is 5.97. The molecule has 2 aliphatic rings. The lowest BCUT2D eigenvalue weighted by Gasteiger charge is -2.32. The first-order chi connectivity index (χ1) is 9.50. The molecule has 0 aromatic heterocycles. The zero-order valence-electron chi connectivity index (χ0n) is 13.0. The first kappa shape index (κ1) is 15.0. The highest BCUT2D eigenvalue weighted by Gasteiger charge is 2.31. The fourth-order valence-corrected chi connectivity index (χ4v) is 3.38. The van der Waals surface area contributed by atoms with Gasteiger partial charge in [-0.15, -0.1) is 0 Å². The van der Waals surface area contributed by atoms with Gasteiger partial charge in [-0.2, -0.15) is 0 Å². The van der Waals surface area contributed by atoms with Crippen LogP contribution in [0.15, 0.2) is 36.4 Å². The largest absolute Gasteiger partial charge is 0.300 e. The fourth-order valence-electron chi connectivity index (χ4n) is 3.38. The van der Waals surface area contributed by atoms with Crippen molar-refractivity contribution in [1.82, 2.24) is 0 Å². The van der Waals surface area contributed by atoms with Gasteiger partial charge in [0.1, 0.15) is 5.78 Å². The monoisotopic (exact) mass is 270 g/mol. The van der Waals surface area contributed by atoms with Crippen molar-refractivity contribution in [2.75, 3.05) is 0 Å². The van der Waals surface area contributed by atoms with E-state index in [-0.39, 0.29) is 11.3 Å². The first-order valence-electron chi connectivity index (χ1n) is 7.75. The van der Waals surface area contributed by atoms with Crippen LogP contribution in [0.1, 0.15) is 51.2 Å². The molecule has 108 valence electrons. The van der Waals surface area contributed by atoms with Gasteiger partial charge in [-0.25, -0.2) is 0 Å². The average Bonchev–Trinajstić information content (AvgIpc) is 2.86. The number of aryl methyl sites for hydroxylation is 2. The Balaban J connectivity index is 0.000000149. The summed E-state index contributed by atoms with van der Waals surface area (Å²) in [5.74, 6) is 0.576. The van der Waals surface area contributed by atoms with Crippen molar-refractivity contribution in [3.05, 3.63) is 47.5 Å². The summed E-state index contributed by atoms with van der Waals surface area (Å²) in [5.41, 5.74) is 3.22. The summed E-state index contributed by atoms with van der Waals surface area (Å²) in [6.07, 6.45) is 10.4. The van der Waals surface area contributed by atoms with Crippen LogP contribution in [0.4, 0.5) is 0 Å². The Kier molecular flexibility index (Phi) is 4.80. The Morgan fingerprint density at radius 1 is 1.15 bits per heavy atom. The summed E-state index contributed by atoms with van der Waals surface area (Å²) in [6, 6.07) is 8.74. The number of carbonyl (C=O) groups excluding carboxylic acids is 1. The zero-order valence-corrected chi connectivity index (χ0v) is 13.0. The van der Waals surface area contributed by atoms with Gasteiger partial charge in [0.05, 0.1) is 0 Å². The molecule has 1 atom stereocenters. The van der Waals surface area contributed by atoms with Gasteiger partial charge in [-0.1, -0.05) is 50.3 Å². The number of ketones is 1. The van der Waals surface area contributed by atoms with Crippen LogP contribution >= 0.6 is 0 Å². The first-order valence-corrected chi connectivity index (χ1v) is 7.75. The second kappa shape index (κ2) is 6.39. The minimum Gasteiger partial charge on any atom is -0.300 e. The lowest BCUT2D eigenvalue weighted by molar-refractivity contribution is -0.123. The maximum absolute atomic E-state index is 11.2. The molecule has 0 saturated heterocycles. The molecule has 0 saturated carbocycles. The van der Waals surface area contributed by atoms with Crippen molar-refractivity contribution in [2.45, 2.75) is 52.9 Å². The summed E-state index contributed by atoms with van der Waals surface area (Å²) < 4.78 is 0. The second-order valence-electron chi connectivity index (χ2n) is 6.59. The smallest absolute Gasteiger partial charge is 0.133 e. The molecule has 0 N–H and O–H groups in total. The van der Waals surface area contributed by atoms with E-state index in [9.17, 15) is 4.79 Å². The Hall–Kier alpha value is -1.37. The molecule has 1 heteroatoms. The van der Waals surface area contributed by atoms with E-state index in [0.717, 1.165) is 12.8 Å². The predicted molar refractivity (Wildman–Crippen MR) is 84.8 cm³/mol. The van der Waals surface area contributed by atoms with E-state index in [1.807, 2.05) is 0 Å². The number of hydrogen-bond donors (Lipinski definition) is 0. The molecule has 0 spiro atoms. The van der Waals surface area contributed by atoms with Crippen molar-refractivity contribution < 1.29 is 4.79 Å². The van der Waals surface area contributed by atoms with Crippen LogP contribution in [0.25, 0.3) is 0 Å². The van der Waals surface area contributed by atoms with Gasteiger partial charge < -0.3 is 0 Å². The molecule has 1 aromatic carbocycles. The number of rotatable bonds is 1. The van der Waals surface area contributed by atoms with Gasteiger partial charge in [0.25, 0.3) is 0 Å². The van der Waals surface area contributed by atoms with Crippen molar-refractivity contribution in [2.24, 2.45) is 11.3 Å². The van der Waals surface area contributed by atoms with Crippen LogP contribution in [-0.2, 0) is 17.6 Å². The average molecular weight is 270 g/mol. The molecule has 1 nitrogen and oxygen atoms in total. The summed E-state index contributed by atoms with van der Waals surface area (Å²) in [4.78, 5) is 11.2. The van der Waals surface area contributed by atoms with Gasteiger partial charge in [-0.3, -0.25) is 4.79 Å². The maximum Gasteiger partial charge on any atom is 0.133 e. The molecule has 1 unspecified atom stereocenters. The molecule has 20 heavy (non-hydrogen) atoms. The molecule has 0 amide bonds. The Morgan fingerprint density at radius 3 is 2.20 bits per heavy atom. The predicted octanol–water partition coefficient (Wildman–Crippen LogP) is 4.74. The Bertz CT molecular complexity index is 473. The van der Waals surface area contributed by atoms with Gasteiger partial charge in [0.2, 0.25) is 0 Å². The molecule has 0 radical (unpaired) electrons. The van der Waals surface area contributed by atoms with Gasteiger partial charge in [-0.05, 0) is 55.6 Å². The Morgan fingerprint density at radius 2 is 1.75 bits per heavy atom. The molecule has 2 aliphatic carbocycles. The minimum atomic E-state index is 0.0874. The lowest BCUT2D eigenvalue weighted by Crippen LogP contribution is -2.29. The van der Waals surface area contributed by atoms with E-state index in [4.69, 9.17) is 0 Å². The third-order valence-electron chi connectivity index (χ3n) is 4.57. The van der Waals surface area contributed by atoms with Crippen LogP contribution in [0.5, 0.6) is 0 Å². The topological polar surface area (TPSA) is 17.1 Å². The number of hydrogen-bond acceptors (Lipinski definition) is 1. The highest BCUT2D eigenvalue weighted by molar-refractivity contribution is 5.79. The highest BCUT2D eigenvalue weighted by atomic mass is 16.1. The van der Waals surface area contributed by atoms with Crippen molar-refractivity contribution in [3.63, 3.8) is 0 Å². The van der Waals surface area contributed by atoms with Crippen LogP contribution in [-0.4, -0.2) is 5.78 Å². The molecule has 3 rings (SSSR count). The highest BCUT2D eigenvalue weighted by Crippen LogP contribution is 2.36. The van der Waals surface area contributed by atoms with Crippen molar-refractivity contribution in [3.8, 4) is 0 Å². The number of benzene rings is 1. The quantitative estimate of drug-likeness (QED) is 0.673. The molecule has 0 heterocycles. The Labute approximate surface area is 123 Å². The molecular formula is C19H26O. The number of Topliss-reactive ketones (excluding diaryl/α,β-unsaturated/α-hetero) is 1.